The highest BCUT2D eigenvalue weighted by molar-refractivity contribution is 5.42. The Morgan fingerprint density at radius 3 is 2.41 bits per heavy atom. The lowest BCUT2D eigenvalue weighted by molar-refractivity contribution is 0.629. The van der Waals surface area contributed by atoms with Crippen LogP contribution >= 0.6 is 0 Å². The molecule has 6 nitrogen and oxygen atoms in total. The Morgan fingerprint density at radius 2 is 1.88 bits per heavy atom. The first-order valence-corrected chi connectivity index (χ1v) is 5.38. The molecule has 1 atom stereocenters. The molecule has 1 heterocycles. The van der Waals surface area contributed by atoms with Crippen molar-refractivity contribution in [2.45, 2.75) is 25.8 Å². The molecule has 1 aliphatic rings. The fraction of sp³-hybridized carbons (Fsp3) is 0.364. The molecule has 0 aromatic carbocycles. The molecule has 0 bridgehead atoms. The van der Waals surface area contributed by atoms with Gasteiger partial charge in [-0.1, -0.05) is 23.8 Å². The van der Waals surface area contributed by atoms with Crippen LogP contribution in [-0.2, 0) is 0 Å². The topological polar surface area (TPSA) is 103 Å². The van der Waals surface area contributed by atoms with Gasteiger partial charge in [0.15, 0.2) is 0 Å². The van der Waals surface area contributed by atoms with Crippen molar-refractivity contribution >= 4 is 17.8 Å². The summed E-state index contributed by atoms with van der Waals surface area (Å²) in [6, 6.07) is 0. The zero-order valence-corrected chi connectivity index (χ0v) is 9.94. The number of allylic oxidation sites excluding steroid dienone is 2. The van der Waals surface area contributed by atoms with Gasteiger partial charge < -0.3 is 16.8 Å². The van der Waals surface area contributed by atoms with Crippen molar-refractivity contribution in [2.75, 3.05) is 16.8 Å². The number of hydrogen-bond acceptors (Lipinski definition) is 6. The number of nitrogens with one attached hydrogen (secondary N) is 1. The third-order valence-electron chi connectivity index (χ3n) is 2.63. The number of hydrogen-bond donors (Lipinski definition) is 3. The molecular formula is C11H16N6. The predicted molar refractivity (Wildman–Crippen MR) is 68.2 cm³/mol. The van der Waals surface area contributed by atoms with E-state index in [1.165, 1.54) is 5.57 Å². The Bertz CT molecular complexity index is 472. The normalized spacial score (nSPS) is 23.3. The van der Waals surface area contributed by atoms with Gasteiger partial charge in [-0.2, -0.15) is 15.0 Å². The molecule has 0 spiro atoms. The third kappa shape index (κ3) is 2.72. The summed E-state index contributed by atoms with van der Waals surface area (Å²) in [5.41, 5.74) is 12.1. The molecule has 90 valence electrons. The van der Waals surface area contributed by atoms with Crippen molar-refractivity contribution in [1.82, 2.24) is 15.0 Å². The molecule has 1 aromatic heterocycles. The molecule has 1 unspecified atom stereocenters. The molecule has 0 radical (unpaired) electrons. The molecule has 6 heteroatoms. The SMILES string of the molecule is CC1=CCC(C)(Nc2nc(N)nc(N)n2)C=C1. The van der Waals surface area contributed by atoms with Gasteiger partial charge in [-0.05, 0) is 20.3 Å². The lowest BCUT2D eigenvalue weighted by Crippen LogP contribution is -2.34. The lowest BCUT2D eigenvalue weighted by Gasteiger charge is -2.28. The first-order valence-electron chi connectivity index (χ1n) is 5.38. The molecule has 5 N–H and O–H groups in total. The highest BCUT2D eigenvalue weighted by atomic mass is 15.2. The molecule has 2 rings (SSSR count). The number of rotatable bonds is 2. The minimum atomic E-state index is -0.222. The Hall–Kier alpha value is -2.11. The summed E-state index contributed by atoms with van der Waals surface area (Å²) in [7, 11) is 0. The van der Waals surface area contributed by atoms with Crippen molar-refractivity contribution in [3.8, 4) is 0 Å². The molecule has 0 saturated carbocycles. The first kappa shape index (κ1) is 11.4. The Labute approximate surface area is 99.9 Å². The number of aromatic nitrogens is 3. The van der Waals surface area contributed by atoms with E-state index in [2.05, 4.69) is 52.3 Å². The Balaban J connectivity index is 2.18. The third-order valence-corrected chi connectivity index (χ3v) is 2.63. The molecule has 1 aliphatic carbocycles. The smallest absolute Gasteiger partial charge is 0.229 e. The average Bonchev–Trinajstić information content (AvgIpc) is 2.21. The first-order chi connectivity index (χ1) is 7.97. The molecule has 1 aromatic rings. The largest absolute Gasteiger partial charge is 0.368 e. The fourth-order valence-electron chi connectivity index (χ4n) is 1.64. The van der Waals surface area contributed by atoms with Gasteiger partial charge in [0.2, 0.25) is 17.8 Å². The fourth-order valence-corrected chi connectivity index (χ4v) is 1.64. The van der Waals surface area contributed by atoms with Crippen LogP contribution in [0.15, 0.2) is 23.8 Å². The summed E-state index contributed by atoms with van der Waals surface area (Å²) < 4.78 is 0. The van der Waals surface area contributed by atoms with Crippen molar-refractivity contribution in [2.24, 2.45) is 0 Å². The minimum Gasteiger partial charge on any atom is -0.368 e. The highest BCUT2D eigenvalue weighted by Gasteiger charge is 2.23. The van der Waals surface area contributed by atoms with Crippen LogP contribution in [0.4, 0.5) is 17.8 Å². The van der Waals surface area contributed by atoms with Gasteiger partial charge in [-0.15, -0.1) is 0 Å². The summed E-state index contributed by atoms with van der Waals surface area (Å²) in [6.45, 7) is 4.12. The van der Waals surface area contributed by atoms with Gasteiger partial charge in [-0.3, -0.25) is 0 Å². The molecular weight excluding hydrogens is 216 g/mol. The number of nitrogen functional groups attached to an aromatic ring is 2. The minimum absolute atomic E-state index is 0.120. The van der Waals surface area contributed by atoms with Crippen LogP contribution < -0.4 is 16.8 Å². The van der Waals surface area contributed by atoms with Crippen LogP contribution in [0.25, 0.3) is 0 Å². The molecule has 0 fully saturated rings. The molecule has 0 saturated heterocycles. The Kier molecular flexibility index (Phi) is 2.71. The second-order valence-corrected chi connectivity index (χ2v) is 4.40. The predicted octanol–water partition coefficient (Wildman–Crippen LogP) is 1.11. The van der Waals surface area contributed by atoms with E-state index in [0.29, 0.717) is 5.95 Å². The summed E-state index contributed by atoms with van der Waals surface area (Å²) in [5, 5.41) is 3.21. The Morgan fingerprint density at radius 1 is 1.24 bits per heavy atom. The number of nitrogens with two attached hydrogens (primary N) is 2. The van der Waals surface area contributed by atoms with Crippen LogP contribution in [0, 0.1) is 0 Å². The number of nitrogens with zero attached hydrogens (tertiary/aromatic N) is 3. The zero-order valence-electron chi connectivity index (χ0n) is 9.94. The van der Waals surface area contributed by atoms with Gasteiger partial charge in [0.05, 0.1) is 5.54 Å². The monoisotopic (exact) mass is 232 g/mol. The highest BCUT2D eigenvalue weighted by Crippen LogP contribution is 2.24. The quantitative estimate of drug-likeness (QED) is 0.706. The van der Waals surface area contributed by atoms with Crippen LogP contribution in [0.3, 0.4) is 0 Å². The van der Waals surface area contributed by atoms with Crippen LogP contribution in [0.5, 0.6) is 0 Å². The summed E-state index contributed by atoms with van der Waals surface area (Å²) >= 11 is 0. The second-order valence-electron chi connectivity index (χ2n) is 4.40. The van der Waals surface area contributed by atoms with E-state index in [1.807, 2.05) is 0 Å². The maximum Gasteiger partial charge on any atom is 0.229 e. The van der Waals surface area contributed by atoms with Crippen molar-refractivity contribution in [3.63, 3.8) is 0 Å². The van der Waals surface area contributed by atoms with Crippen molar-refractivity contribution < 1.29 is 0 Å². The van der Waals surface area contributed by atoms with E-state index in [9.17, 15) is 0 Å². The summed E-state index contributed by atoms with van der Waals surface area (Å²) in [6.07, 6.45) is 7.16. The van der Waals surface area contributed by atoms with Crippen LogP contribution in [-0.4, -0.2) is 20.5 Å². The van der Waals surface area contributed by atoms with Gasteiger partial charge in [0.1, 0.15) is 0 Å². The van der Waals surface area contributed by atoms with E-state index >= 15 is 0 Å². The number of anilines is 3. The van der Waals surface area contributed by atoms with Gasteiger partial charge in [-0.25, -0.2) is 0 Å². The molecule has 0 aliphatic heterocycles. The summed E-state index contributed by atoms with van der Waals surface area (Å²) in [4.78, 5) is 11.7. The van der Waals surface area contributed by atoms with Gasteiger partial charge >= 0.3 is 0 Å². The van der Waals surface area contributed by atoms with E-state index in [0.717, 1.165) is 6.42 Å². The van der Waals surface area contributed by atoms with E-state index in [1.54, 1.807) is 0 Å². The molecule has 0 amide bonds. The zero-order chi connectivity index (χ0) is 12.5. The van der Waals surface area contributed by atoms with Crippen LogP contribution in [0.2, 0.25) is 0 Å². The van der Waals surface area contributed by atoms with E-state index in [-0.39, 0.29) is 17.4 Å². The lowest BCUT2D eigenvalue weighted by atomic mass is 9.91. The summed E-state index contributed by atoms with van der Waals surface area (Å²) in [5.74, 6) is 0.639. The second kappa shape index (κ2) is 4.04. The van der Waals surface area contributed by atoms with E-state index < -0.39 is 0 Å². The average molecular weight is 232 g/mol. The standard InChI is InChI=1S/C11H16N6/c1-7-3-5-11(2,6-4-7)17-10-15-8(12)14-9(13)16-10/h3-5H,6H2,1-2H3,(H5,12,13,14,15,16,17). The van der Waals surface area contributed by atoms with Crippen molar-refractivity contribution in [1.29, 1.82) is 0 Å². The molecule has 17 heavy (non-hydrogen) atoms. The van der Waals surface area contributed by atoms with Gasteiger partial charge in [0.25, 0.3) is 0 Å². The van der Waals surface area contributed by atoms with Crippen molar-refractivity contribution in [3.05, 3.63) is 23.8 Å². The maximum atomic E-state index is 5.52. The van der Waals surface area contributed by atoms with Gasteiger partial charge in [0, 0.05) is 0 Å². The van der Waals surface area contributed by atoms with E-state index in [4.69, 9.17) is 11.5 Å². The maximum absolute atomic E-state index is 5.52. The van der Waals surface area contributed by atoms with Crippen LogP contribution in [0.1, 0.15) is 20.3 Å².